The van der Waals surface area contributed by atoms with Crippen molar-refractivity contribution in [1.29, 1.82) is 0 Å². The Hall–Kier alpha value is -0.500. The summed E-state index contributed by atoms with van der Waals surface area (Å²) < 4.78 is 11.1. The van der Waals surface area contributed by atoms with Gasteiger partial charge in [0, 0.05) is 6.42 Å². The Morgan fingerprint density at radius 3 is 2.82 bits per heavy atom. The van der Waals surface area contributed by atoms with Gasteiger partial charge in [0.05, 0.1) is 12.9 Å². The summed E-state index contributed by atoms with van der Waals surface area (Å²) in [5.41, 5.74) is 0.392. The first-order chi connectivity index (χ1) is 8.14. The van der Waals surface area contributed by atoms with E-state index in [0.717, 1.165) is 19.4 Å². The molecular formula is C15H28O2. The van der Waals surface area contributed by atoms with E-state index in [9.17, 15) is 0 Å². The highest BCUT2D eigenvalue weighted by atomic mass is 16.7. The summed E-state index contributed by atoms with van der Waals surface area (Å²) in [4.78, 5) is 0. The van der Waals surface area contributed by atoms with Crippen LogP contribution in [0.4, 0.5) is 0 Å². The number of rotatable bonds is 7. The van der Waals surface area contributed by atoms with Gasteiger partial charge >= 0.3 is 0 Å². The van der Waals surface area contributed by atoms with Gasteiger partial charge < -0.3 is 9.47 Å². The van der Waals surface area contributed by atoms with E-state index >= 15 is 0 Å². The molecule has 1 fully saturated rings. The quantitative estimate of drug-likeness (QED) is 0.603. The van der Waals surface area contributed by atoms with Gasteiger partial charge in [-0.3, -0.25) is 0 Å². The highest BCUT2D eigenvalue weighted by molar-refractivity contribution is 4.83. The van der Waals surface area contributed by atoms with Crippen LogP contribution in [0.1, 0.15) is 65.7 Å². The number of unbranched alkanes of at least 4 members (excludes halogenated alkanes) is 1. The second kappa shape index (κ2) is 7.75. The summed E-state index contributed by atoms with van der Waals surface area (Å²) in [5.74, 6) is 0. The van der Waals surface area contributed by atoms with Gasteiger partial charge in [-0.1, -0.05) is 33.6 Å². The Kier molecular flexibility index (Phi) is 6.64. The summed E-state index contributed by atoms with van der Waals surface area (Å²) in [7, 11) is 0. The molecule has 1 aliphatic heterocycles. The van der Waals surface area contributed by atoms with Gasteiger partial charge in [-0.25, -0.2) is 0 Å². The fourth-order valence-electron chi connectivity index (χ4n) is 2.09. The average molecular weight is 240 g/mol. The molecule has 0 aliphatic carbocycles. The molecule has 0 radical (unpaired) electrons. The molecule has 1 rings (SSSR count). The van der Waals surface area contributed by atoms with Crippen LogP contribution in [0.3, 0.4) is 0 Å². The van der Waals surface area contributed by atoms with Crippen LogP contribution in [-0.4, -0.2) is 12.9 Å². The Morgan fingerprint density at radius 1 is 1.35 bits per heavy atom. The van der Waals surface area contributed by atoms with E-state index in [4.69, 9.17) is 9.47 Å². The van der Waals surface area contributed by atoms with Crippen LogP contribution in [0.2, 0.25) is 0 Å². The number of hydrogen-bond donors (Lipinski definition) is 0. The number of ether oxygens (including phenoxy) is 2. The lowest BCUT2D eigenvalue weighted by Crippen LogP contribution is -2.20. The summed E-state index contributed by atoms with van der Waals surface area (Å²) in [6.45, 7) is 7.74. The Morgan fingerprint density at radius 2 is 2.18 bits per heavy atom. The molecule has 17 heavy (non-hydrogen) atoms. The minimum atomic E-state index is -0.00115. The van der Waals surface area contributed by atoms with Crippen molar-refractivity contribution >= 4 is 0 Å². The number of hydrogen-bond acceptors (Lipinski definition) is 2. The normalized spacial score (nSPS) is 21.9. The molecule has 0 aromatic heterocycles. The van der Waals surface area contributed by atoms with Crippen molar-refractivity contribution in [1.82, 2.24) is 0 Å². The van der Waals surface area contributed by atoms with Crippen molar-refractivity contribution in [2.75, 3.05) is 6.61 Å². The molecule has 2 heteroatoms. The van der Waals surface area contributed by atoms with Crippen LogP contribution in [0, 0.1) is 5.41 Å². The first-order valence-corrected chi connectivity index (χ1v) is 7.06. The third kappa shape index (κ3) is 6.72. The van der Waals surface area contributed by atoms with Crippen molar-refractivity contribution in [3.63, 3.8) is 0 Å². The first-order valence-electron chi connectivity index (χ1n) is 7.06. The van der Waals surface area contributed by atoms with E-state index in [-0.39, 0.29) is 6.29 Å². The van der Waals surface area contributed by atoms with Crippen LogP contribution < -0.4 is 0 Å². The number of allylic oxidation sites excluding steroid dienone is 1. The zero-order chi connectivity index (χ0) is 12.6. The third-order valence-corrected chi connectivity index (χ3v) is 3.34. The summed E-state index contributed by atoms with van der Waals surface area (Å²) in [6.07, 6.45) is 12.4. The SMILES string of the molecule is CCCCC(C)(C)C/C=C/OC1CCCCO1. The molecule has 0 bridgehead atoms. The smallest absolute Gasteiger partial charge is 0.198 e. The first kappa shape index (κ1) is 14.6. The third-order valence-electron chi connectivity index (χ3n) is 3.34. The standard InChI is InChI=1S/C15H28O2/c1-4-5-10-15(2,3)11-8-13-17-14-9-6-7-12-16-14/h8,13-14H,4-7,9-12H2,1-3H3/b13-8+. The fraction of sp³-hybridized carbons (Fsp3) is 0.867. The molecular weight excluding hydrogens is 212 g/mol. The summed E-state index contributed by atoms with van der Waals surface area (Å²) in [6, 6.07) is 0. The molecule has 100 valence electrons. The Labute approximate surface area is 106 Å². The Balaban J connectivity index is 2.15. The zero-order valence-corrected chi connectivity index (χ0v) is 11.7. The lowest BCUT2D eigenvalue weighted by atomic mass is 9.84. The molecule has 1 heterocycles. The Bertz CT molecular complexity index is 215. The van der Waals surface area contributed by atoms with Gasteiger partial charge in [-0.05, 0) is 37.2 Å². The van der Waals surface area contributed by atoms with Gasteiger partial charge in [0.1, 0.15) is 0 Å². The van der Waals surface area contributed by atoms with E-state index in [1.807, 2.05) is 6.26 Å². The summed E-state index contributed by atoms with van der Waals surface area (Å²) >= 11 is 0. The molecule has 0 aromatic carbocycles. The highest BCUT2D eigenvalue weighted by Crippen LogP contribution is 2.27. The van der Waals surface area contributed by atoms with E-state index in [2.05, 4.69) is 26.8 Å². The lowest BCUT2D eigenvalue weighted by molar-refractivity contribution is -0.129. The fourth-order valence-corrected chi connectivity index (χ4v) is 2.09. The molecule has 1 aliphatic rings. The second-order valence-corrected chi connectivity index (χ2v) is 5.78. The largest absolute Gasteiger partial charge is 0.473 e. The van der Waals surface area contributed by atoms with Gasteiger partial charge in [-0.15, -0.1) is 0 Å². The van der Waals surface area contributed by atoms with E-state index in [0.29, 0.717) is 5.41 Å². The molecule has 1 saturated heterocycles. The molecule has 0 amide bonds. The minimum Gasteiger partial charge on any atom is -0.473 e. The molecule has 2 nitrogen and oxygen atoms in total. The van der Waals surface area contributed by atoms with E-state index in [1.54, 1.807) is 0 Å². The monoisotopic (exact) mass is 240 g/mol. The van der Waals surface area contributed by atoms with Crippen molar-refractivity contribution in [3.8, 4) is 0 Å². The summed E-state index contributed by atoms with van der Waals surface area (Å²) in [5, 5.41) is 0. The predicted octanol–water partition coefficient (Wildman–Crippen LogP) is 4.65. The average Bonchev–Trinajstić information content (AvgIpc) is 2.34. The zero-order valence-electron chi connectivity index (χ0n) is 11.7. The van der Waals surface area contributed by atoms with Crippen LogP contribution >= 0.6 is 0 Å². The van der Waals surface area contributed by atoms with Gasteiger partial charge in [0.15, 0.2) is 6.29 Å². The molecule has 1 unspecified atom stereocenters. The molecule has 0 N–H and O–H groups in total. The van der Waals surface area contributed by atoms with Crippen molar-refractivity contribution in [2.45, 2.75) is 72.0 Å². The minimum absolute atomic E-state index is 0.00115. The topological polar surface area (TPSA) is 18.5 Å². The second-order valence-electron chi connectivity index (χ2n) is 5.78. The van der Waals surface area contributed by atoms with Crippen LogP contribution in [0.5, 0.6) is 0 Å². The van der Waals surface area contributed by atoms with E-state index in [1.165, 1.54) is 32.1 Å². The lowest BCUT2D eigenvalue weighted by Gasteiger charge is -2.23. The van der Waals surface area contributed by atoms with Gasteiger partial charge in [-0.2, -0.15) is 0 Å². The van der Waals surface area contributed by atoms with Crippen molar-refractivity contribution < 1.29 is 9.47 Å². The maximum atomic E-state index is 5.58. The van der Waals surface area contributed by atoms with Gasteiger partial charge in [0.2, 0.25) is 0 Å². The molecule has 0 spiro atoms. The molecule has 0 saturated carbocycles. The van der Waals surface area contributed by atoms with Crippen LogP contribution in [0.15, 0.2) is 12.3 Å². The van der Waals surface area contributed by atoms with Gasteiger partial charge in [0.25, 0.3) is 0 Å². The highest BCUT2D eigenvalue weighted by Gasteiger charge is 2.15. The molecule has 0 aromatic rings. The predicted molar refractivity (Wildman–Crippen MR) is 71.7 cm³/mol. The molecule has 1 atom stereocenters. The van der Waals surface area contributed by atoms with Crippen LogP contribution in [-0.2, 0) is 9.47 Å². The van der Waals surface area contributed by atoms with Crippen molar-refractivity contribution in [2.24, 2.45) is 5.41 Å². The maximum absolute atomic E-state index is 5.58. The van der Waals surface area contributed by atoms with Crippen LogP contribution in [0.25, 0.3) is 0 Å². The van der Waals surface area contributed by atoms with E-state index < -0.39 is 0 Å². The van der Waals surface area contributed by atoms with Crippen molar-refractivity contribution in [3.05, 3.63) is 12.3 Å². The maximum Gasteiger partial charge on any atom is 0.198 e.